The molecule has 4 aliphatic carbocycles. The Balaban J connectivity index is 1.37. The van der Waals surface area contributed by atoms with Gasteiger partial charge < -0.3 is 0 Å². The number of rotatable bonds is 4. The number of anilines is 1. The second-order valence-corrected chi connectivity index (χ2v) is 11.4. The first-order chi connectivity index (χ1) is 16.3. The molecule has 2 aromatic carbocycles. The van der Waals surface area contributed by atoms with Gasteiger partial charge in [-0.25, -0.2) is 0 Å². The molecule has 1 aliphatic heterocycles. The van der Waals surface area contributed by atoms with E-state index in [4.69, 9.17) is 23.2 Å². The van der Waals surface area contributed by atoms with Gasteiger partial charge in [-0.05, 0) is 79.0 Å². The molecule has 2 saturated carbocycles. The van der Waals surface area contributed by atoms with Crippen LogP contribution in [0.1, 0.15) is 22.3 Å². The molecule has 0 unspecified atom stereocenters. The number of allylic oxidation sites excluding steroid dienone is 2. The standard InChI is InChI=1S/C26H21BrCl2N2O3/c1-12-8-14(27)3-7-21(12)30(24(32)13-2-6-19(28)20(29)9-13)11-31-25(33)22-15-4-5-16(18-10-17(15)18)23(22)26(31)34/h2-9,15-18,22-23H,10-11H2,1H3/t15-,16-,17-,18+,22-,23-/m1/s1. The summed E-state index contributed by atoms with van der Waals surface area (Å²) in [6.45, 7) is 1.75. The molecule has 1 heterocycles. The van der Waals surface area contributed by atoms with Gasteiger partial charge in [0.2, 0.25) is 11.8 Å². The van der Waals surface area contributed by atoms with Crippen molar-refractivity contribution >= 4 is 62.5 Å². The van der Waals surface area contributed by atoms with Gasteiger partial charge in [-0.2, -0.15) is 0 Å². The van der Waals surface area contributed by atoms with E-state index in [2.05, 4.69) is 28.1 Å². The average molecular weight is 560 g/mol. The van der Waals surface area contributed by atoms with Crippen molar-refractivity contribution in [3.8, 4) is 0 Å². The van der Waals surface area contributed by atoms with Crippen molar-refractivity contribution in [3.63, 3.8) is 0 Å². The predicted octanol–water partition coefficient (Wildman–Crippen LogP) is 5.72. The molecule has 7 rings (SSSR count). The number of hydrogen-bond acceptors (Lipinski definition) is 3. The van der Waals surface area contributed by atoms with Crippen LogP contribution in [0, 0.1) is 42.4 Å². The van der Waals surface area contributed by atoms with Crippen LogP contribution in [0.15, 0.2) is 53.0 Å². The third kappa shape index (κ3) is 3.29. The maximum Gasteiger partial charge on any atom is 0.259 e. The van der Waals surface area contributed by atoms with Crippen molar-refractivity contribution in [2.45, 2.75) is 13.3 Å². The van der Waals surface area contributed by atoms with Gasteiger partial charge >= 0.3 is 0 Å². The zero-order valence-corrected chi connectivity index (χ0v) is 21.3. The van der Waals surface area contributed by atoms with Gasteiger partial charge in [-0.3, -0.25) is 24.2 Å². The van der Waals surface area contributed by atoms with Gasteiger partial charge in [-0.15, -0.1) is 0 Å². The van der Waals surface area contributed by atoms with Crippen molar-refractivity contribution in [1.82, 2.24) is 4.90 Å². The van der Waals surface area contributed by atoms with Gasteiger partial charge in [0.25, 0.3) is 5.91 Å². The number of imide groups is 1. The van der Waals surface area contributed by atoms with Crippen LogP contribution in [0.3, 0.4) is 0 Å². The number of nitrogens with zero attached hydrogens (tertiary/aromatic N) is 2. The number of benzene rings is 2. The van der Waals surface area contributed by atoms with Gasteiger partial charge in [0.05, 0.1) is 21.9 Å². The summed E-state index contributed by atoms with van der Waals surface area (Å²) in [4.78, 5) is 43.6. The van der Waals surface area contributed by atoms with Crippen LogP contribution in [0.25, 0.3) is 0 Å². The van der Waals surface area contributed by atoms with E-state index < -0.39 is 0 Å². The monoisotopic (exact) mass is 558 g/mol. The van der Waals surface area contributed by atoms with Crippen LogP contribution >= 0.6 is 39.1 Å². The van der Waals surface area contributed by atoms with Crippen molar-refractivity contribution in [1.29, 1.82) is 0 Å². The lowest BCUT2D eigenvalue weighted by Crippen LogP contribution is -2.45. The minimum atomic E-state index is -0.358. The van der Waals surface area contributed by atoms with E-state index in [9.17, 15) is 14.4 Å². The van der Waals surface area contributed by atoms with Crippen molar-refractivity contribution in [2.24, 2.45) is 35.5 Å². The minimum absolute atomic E-state index is 0.134. The molecule has 6 atom stereocenters. The van der Waals surface area contributed by atoms with E-state index in [1.165, 1.54) is 15.9 Å². The van der Waals surface area contributed by atoms with Gasteiger partial charge in [0, 0.05) is 15.7 Å². The molecule has 3 fully saturated rings. The lowest BCUT2D eigenvalue weighted by Gasteiger charge is -2.37. The normalized spacial score (nSPS) is 30.4. The summed E-state index contributed by atoms with van der Waals surface area (Å²) in [6.07, 6.45) is 5.40. The summed E-state index contributed by atoms with van der Waals surface area (Å²) in [5, 5.41) is 0.612. The van der Waals surface area contributed by atoms with Crippen LogP contribution in [0.2, 0.25) is 10.0 Å². The molecule has 2 bridgehead atoms. The lowest BCUT2D eigenvalue weighted by molar-refractivity contribution is -0.140. The molecule has 8 heteroatoms. The maximum atomic E-state index is 13.7. The first kappa shape index (κ1) is 22.3. The first-order valence-electron chi connectivity index (χ1n) is 11.3. The molecule has 5 nitrogen and oxygen atoms in total. The average Bonchev–Trinajstić information content (AvgIpc) is 3.59. The summed E-state index contributed by atoms with van der Waals surface area (Å²) in [5.74, 6) is 0.0148. The largest absolute Gasteiger partial charge is 0.289 e. The smallest absolute Gasteiger partial charge is 0.259 e. The number of carbonyl (C=O) groups is 3. The molecule has 0 radical (unpaired) electrons. The van der Waals surface area contributed by atoms with Crippen molar-refractivity contribution in [3.05, 3.63) is 74.2 Å². The summed E-state index contributed by atoms with van der Waals surface area (Å²) >= 11 is 15.7. The zero-order chi connectivity index (χ0) is 23.9. The van der Waals surface area contributed by atoms with E-state index in [-0.39, 0.29) is 53.1 Å². The Labute approximate surface area is 215 Å². The molecular weight excluding hydrogens is 539 g/mol. The Morgan fingerprint density at radius 3 is 2.24 bits per heavy atom. The highest BCUT2D eigenvalue weighted by Gasteiger charge is 2.67. The fourth-order valence-corrected chi connectivity index (χ4v) is 7.03. The molecule has 1 saturated heterocycles. The lowest BCUT2D eigenvalue weighted by atomic mass is 9.63. The molecule has 0 spiro atoms. The Morgan fingerprint density at radius 1 is 1.00 bits per heavy atom. The number of aryl methyl sites for hydroxylation is 1. The SMILES string of the molecule is Cc1cc(Br)ccc1N(CN1C(=O)[C@@H]2[C@@H]3C=C[C@H]([C@@H]4C[C@H]34)[C@H]2C1=O)C(=O)c1ccc(Cl)c(Cl)c1. The van der Waals surface area contributed by atoms with Crippen molar-refractivity contribution < 1.29 is 14.4 Å². The van der Waals surface area contributed by atoms with E-state index in [0.717, 1.165) is 16.5 Å². The van der Waals surface area contributed by atoms with E-state index in [1.54, 1.807) is 12.1 Å². The summed E-state index contributed by atoms with van der Waals surface area (Å²) in [5.41, 5.74) is 1.79. The molecule has 174 valence electrons. The van der Waals surface area contributed by atoms with Crippen LogP contribution in [-0.2, 0) is 9.59 Å². The fourth-order valence-electron chi connectivity index (χ4n) is 6.26. The topological polar surface area (TPSA) is 57.7 Å². The molecular formula is C26H21BrCl2N2O3. The zero-order valence-electron chi connectivity index (χ0n) is 18.3. The number of hydrogen-bond donors (Lipinski definition) is 0. The Kier molecular flexibility index (Phi) is 5.21. The highest BCUT2D eigenvalue weighted by Crippen LogP contribution is 2.65. The number of halogens is 3. The number of likely N-dealkylation sites (tertiary alicyclic amines) is 1. The van der Waals surface area contributed by atoms with Crippen molar-refractivity contribution in [2.75, 3.05) is 11.6 Å². The van der Waals surface area contributed by atoms with Crippen LogP contribution in [0.4, 0.5) is 5.69 Å². The van der Waals surface area contributed by atoms with E-state index in [1.807, 2.05) is 25.1 Å². The Hall–Kier alpha value is -2.15. The first-order valence-corrected chi connectivity index (χ1v) is 12.9. The summed E-state index contributed by atoms with van der Waals surface area (Å²) in [6, 6.07) is 10.2. The van der Waals surface area contributed by atoms with Gasteiger partial charge in [0.1, 0.15) is 6.67 Å². The summed E-state index contributed by atoms with van der Waals surface area (Å²) in [7, 11) is 0. The fraction of sp³-hybridized carbons (Fsp3) is 0.346. The molecule has 0 N–H and O–H groups in total. The molecule has 0 aromatic heterocycles. The maximum absolute atomic E-state index is 13.7. The summed E-state index contributed by atoms with van der Waals surface area (Å²) < 4.78 is 0.872. The van der Waals surface area contributed by atoms with E-state index >= 15 is 0 Å². The molecule has 3 amide bonds. The van der Waals surface area contributed by atoms with Crippen LogP contribution in [0.5, 0.6) is 0 Å². The molecule has 5 aliphatic rings. The Bertz CT molecular complexity index is 1260. The minimum Gasteiger partial charge on any atom is -0.289 e. The quantitative estimate of drug-likeness (QED) is 0.355. The van der Waals surface area contributed by atoms with Crippen LogP contribution < -0.4 is 4.90 Å². The highest BCUT2D eigenvalue weighted by molar-refractivity contribution is 9.10. The number of carbonyl (C=O) groups excluding carboxylic acids is 3. The molecule has 34 heavy (non-hydrogen) atoms. The molecule has 2 aromatic rings. The second-order valence-electron chi connectivity index (χ2n) is 9.69. The third-order valence-corrected chi connectivity index (χ3v) is 9.13. The second kappa shape index (κ2) is 7.94. The predicted molar refractivity (Wildman–Crippen MR) is 134 cm³/mol. The Morgan fingerprint density at radius 2 is 1.65 bits per heavy atom. The van der Waals surface area contributed by atoms with Gasteiger partial charge in [0.15, 0.2) is 0 Å². The van der Waals surface area contributed by atoms with Gasteiger partial charge in [-0.1, -0.05) is 51.3 Å². The van der Waals surface area contributed by atoms with Crippen LogP contribution in [-0.4, -0.2) is 29.3 Å². The van der Waals surface area contributed by atoms with E-state index in [0.29, 0.717) is 28.1 Å². The third-order valence-electron chi connectivity index (χ3n) is 7.90. The number of amides is 3. The highest BCUT2D eigenvalue weighted by atomic mass is 79.9.